The zero-order valence-electron chi connectivity index (χ0n) is 9.71. The number of hydrogen-bond acceptors (Lipinski definition) is 2. The fraction of sp³-hybridized carbons (Fsp3) is 0.615. The SMILES string of the molecule is Cc1cc(OCCC2CCC2)c(CCl)cn1. The number of ether oxygens (including phenoxy) is 1. The lowest BCUT2D eigenvalue weighted by molar-refractivity contribution is 0.221. The molecule has 2 rings (SSSR count). The summed E-state index contributed by atoms with van der Waals surface area (Å²) in [7, 11) is 0. The number of nitrogens with zero attached hydrogens (tertiary/aromatic N) is 1. The Kier molecular flexibility index (Phi) is 4.05. The zero-order valence-corrected chi connectivity index (χ0v) is 10.5. The van der Waals surface area contributed by atoms with Crippen LogP contribution in [0.1, 0.15) is 36.9 Å². The van der Waals surface area contributed by atoms with E-state index in [1.807, 2.05) is 13.0 Å². The summed E-state index contributed by atoms with van der Waals surface area (Å²) >= 11 is 5.84. The largest absolute Gasteiger partial charge is 0.493 e. The van der Waals surface area contributed by atoms with Gasteiger partial charge >= 0.3 is 0 Å². The molecule has 0 aromatic carbocycles. The van der Waals surface area contributed by atoms with Crippen LogP contribution in [-0.4, -0.2) is 11.6 Å². The second-order valence-corrected chi connectivity index (χ2v) is 4.77. The Balaban J connectivity index is 1.88. The summed E-state index contributed by atoms with van der Waals surface area (Å²) in [6.07, 6.45) is 7.12. The van der Waals surface area contributed by atoms with Gasteiger partial charge in [0.2, 0.25) is 0 Å². The average molecular weight is 240 g/mol. The topological polar surface area (TPSA) is 22.1 Å². The van der Waals surface area contributed by atoms with Crippen molar-refractivity contribution < 1.29 is 4.74 Å². The first kappa shape index (κ1) is 11.7. The molecule has 0 atom stereocenters. The van der Waals surface area contributed by atoms with Crippen molar-refractivity contribution in [3.8, 4) is 5.75 Å². The van der Waals surface area contributed by atoms with E-state index < -0.39 is 0 Å². The number of aryl methyl sites for hydroxylation is 1. The van der Waals surface area contributed by atoms with E-state index in [2.05, 4.69) is 4.98 Å². The Bertz CT molecular complexity index is 350. The molecule has 0 spiro atoms. The number of pyridine rings is 1. The monoisotopic (exact) mass is 239 g/mol. The van der Waals surface area contributed by atoms with Gasteiger partial charge in [0.25, 0.3) is 0 Å². The van der Waals surface area contributed by atoms with Crippen LogP contribution in [-0.2, 0) is 5.88 Å². The number of rotatable bonds is 5. The van der Waals surface area contributed by atoms with Crippen molar-refractivity contribution in [1.82, 2.24) is 4.98 Å². The maximum absolute atomic E-state index is 5.84. The molecule has 0 amide bonds. The van der Waals surface area contributed by atoms with Gasteiger partial charge in [-0.25, -0.2) is 0 Å². The maximum atomic E-state index is 5.84. The van der Waals surface area contributed by atoms with Gasteiger partial charge in [0.15, 0.2) is 0 Å². The second-order valence-electron chi connectivity index (χ2n) is 4.50. The van der Waals surface area contributed by atoms with E-state index in [1.54, 1.807) is 6.20 Å². The van der Waals surface area contributed by atoms with E-state index in [-0.39, 0.29) is 0 Å². The van der Waals surface area contributed by atoms with Crippen LogP contribution in [0.25, 0.3) is 0 Å². The van der Waals surface area contributed by atoms with E-state index in [4.69, 9.17) is 16.3 Å². The minimum absolute atomic E-state index is 0.464. The molecule has 0 N–H and O–H groups in total. The first-order valence-electron chi connectivity index (χ1n) is 5.94. The van der Waals surface area contributed by atoms with Crippen molar-refractivity contribution in [2.75, 3.05) is 6.61 Å². The summed E-state index contributed by atoms with van der Waals surface area (Å²) in [6, 6.07) is 1.97. The third-order valence-corrected chi connectivity index (χ3v) is 3.52. The number of aromatic nitrogens is 1. The zero-order chi connectivity index (χ0) is 11.4. The molecule has 3 heteroatoms. The Hall–Kier alpha value is -0.760. The summed E-state index contributed by atoms with van der Waals surface area (Å²) in [5.74, 6) is 2.26. The van der Waals surface area contributed by atoms with Crippen molar-refractivity contribution in [2.45, 2.75) is 38.5 Å². The predicted molar refractivity (Wildman–Crippen MR) is 66.0 cm³/mol. The first-order valence-corrected chi connectivity index (χ1v) is 6.47. The van der Waals surface area contributed by atoms with Crippen molar-refractivity contribution in [1.29, 1.82) is 0 Å². The Labute approximate surface area is 102 Å². The van der Waals surface area contributed by atoms with E-state index in [0.717, 1.165) is 29.5 Å². The number of alkyl halides is 1. The Morgan fingerprint density at radius 1 is 1.50 bits per heavy atom. The van der Waals surface area contributed by atoms with Gasteiger partial charge in [0.1, 0.15) is 5.75 Å². The highest BCUT2D eigenvalue weighted by molar-refractivity contribution is 6.17. The lowest BCUT2D eigenvalue weighted by atomic mass is 9.83. The summed E-state index contributed by atoms with van der Waals surface area (Å²) in [5.41, 5.74) is 1.97. The van der Waals surface area contributed by atoms with E-state index in [1.165, 1.54) is 25.7 Å². The lowest BCUT2D eigenvalue weighted by Gasteiger charge is -2.25. The van der Waals surface area contributed by atoms with Gasteiger partial charge in [-0.1, -0.05) is 19.3 Å². The molecule has 1 aromatic rings. The van der Waals surface area contributed by atoms with Gasteiger partial charge in [-0.3, -0.25) is 4.98 Å². The molecule has 0 radical (unpaired) electrons. The van der Waals surface area contributed by atoms with Gasteiger partial charge in [-0.2, -0.15) is 0 Å². The molecule has 16 heavy (non-hydrogen) atoms. The number of hydrogen-bond donors (Lipinski definition) is 0. The normalized spacial score (nSPS) is 15.9. The van der Waals surface area contributed by atoms with Crippen LogP contribution >= 0.6 is 11.6 Å². The van der Waals surface area contributed by atoms with Crippen LogP contribution < -0.4 is 4.74 Å². The van der Waals surface area contributed by atoms with Crippen LogP contribution in [0.3, 0.4) is 0 Å². The summed E-state index contributed by atoms with van der Waals surface area (Å²) in [6.45, 7) is 2.77. The smallest absolute Gasteiger partial charge is 0.127 e. The van der Waals surface area contributed by atoms with Gasteiger partial charge in [0.05, 0.1) is 12.5 Å². The molecule has 1 aliphatic carbocycles. The molecule has 0 saturated heterocycles. The highest BCUT2D eigenvalue weighted by Gasteiger charge is 2.17. The minimum atomic E-state index is 0.464. The van der Waals surface area contributed by atoms with Crippen LogP contribution in [0.5, 0.6) is 5.75 Å². The number of halogens is 1. The fourth-order valence-corrected chi connectivity index (χ4v) is 2.12. The van der Waals surface area contributed by atoms with E-state index >= 15 is 0 Å². The van der Waals surface area contributed by atoms with Crippen LogP contribution in [0.4, 0.5) is 0 Å². The van der Waals surface area contributed by atoms with Crippen molar-refractivity contribution in [2.24, 2.45) is 5.92 Å². The van der Waals surface area contributed by atoms with Crippen LogP contribution in [0, 0.1) is 12.8 Å². The van der Waals surface area contributed by atoms with E-state index in [9.17, 15) is 0 Å². The Morgan fingerprint density at radius 3 is 2.94 bits per heavy atom. The van der Waals surface area contributed by atoms with Gasteiger partial charge in [-0.15, -0.1) is 11.6 Å². The molecule has 0 unspecified atom stereocenters. The molecule has 1 aliphatic rings. The highest BCUT2D eigenvalue weighted by Crippen LogP contribution is 2.29. The quantitative estimate of drug-likeness (QED) is 0.731. The van der Waals surface area contributed by atoms with Gasteiger partial charge in [0, 0.05) is 23.5 Å². The van der Waals surface area contributed by atoms with Gasteiger partial charge < -0.3 is 4.74 Å². The summed E-state index contributed by atoms with van der Waals surface area (Å²) < 4.78 is 5.79. The maximum Gasteiger partial charge on any atom is 0.127 e. The Morgan fingerprint density at radius 2 is 2.31 bits per heavy atom. The molecule has 0 bridgehead atoms. The van der Waals surface area contributed by atoms with Crippen molar-refractivity contribution in [3.63, 3.8) is 0 Å². The molecule has 1 heterocycles. The molecule has 0 aliphatic heterocycles. The molecular weight excluding hydrogens is 222 g/mol. The lowest BCUT2D eigenvalue weighted by Crippen LogP contribution is -2.14. The third kappa shape index (κ3) is 2.88. The summed E-state index contributed by atoms with van der Waals surface area (Å²) in [5, 5.41) is 0. The third-order valence-electron chi connectivity index (χ3n) is 3.23. The summed E-state index contributed by atoms with van der Waals surface area (Å²) in [4.78, 5) is 4.22. The van der Waals surface area contributed by atoms with Crippen LogP contribution in [0.15, 0.2) is 12.3 Å². The predicted octanol–water partition coefficient (Wildman–Crippen LogP) is 3.70. The van der Waals surface area contributed by atoms with Gasteiger partial charge in [-0.05, 0) is 19.3 Å². The highest BCUT2D eigenvalue weighted by atomic mass is 35.5. The van der Waals surface area contributed by atoms with Crippen molar-refractivity contribution >= 4 is 11.6 Å². The minimum Gasteiger partial charge on any atom is -0.493 e. The molecular formula is C13H18ClNO. The fourth-order valence-electron chi connectivity index (χ4n) is 1.91. The molecule has 1 fully saturated rings. The first-order chi connectivity index (χ1) is 7.79. The van der Waals surface area contributed by atoms with Crippen LogP contribution in [0.2, 0.25) is 0 Å². The molecule has 88 valence electrons. The van der Waals surface area contributed by atoms with Crippen molar-refractivity contribution in [3.05, 3.63) is 23.5 Å². The molecule has 2 nitrogen and oxygen atoms in total. The standard InChI is InChI=1S/C13H18ClNO/c1-10-7-13(12(8-14)9-15-10)16-6-5-11-3-2-4-11/h7,9,11H,2-6,8H2,1H3. The molecule has 1 saturated carbocycles. The average Bonchev–Trinajstić information content (AvgIpc) is 2.22. The van der Waals surface area contributed by atoms with E-state index in [0.29, 0.717) is 5.88 Å². The molecule has 1 aromatic heterocycles. The second kappa shape index (κ2) is 5.53.